The van der Waals surface area contributed by atoms with Crippen LogP contribution in [0.15, 0.2) is 24.3 Å². The topological polar surface area (TPSA) is 95.9 Å². The molecule has 1 amide bonds. The monoisotopic (exact) mass is 1110 g/mol. The van der Waals surface area contributed by atoms with Crippen LogP contribution in [0.25, 0.3) is 0 Å². The van der Waals surface area contributed by atoms with Crippen molar-refractivity contribution in [2.75, 3.05) is 13.2 Å². The number of ether oxygens (including phenoxy) is 1. The summed E-state index contributed by atoms with van der Waals surface area (Å²) in [5.74, 6) is -0.0454. The quantitative estimate of drug-likeness (QED) is 0.0320. The van der Waals surface area contributed by atoms with Gasteiger partial charge in [0.25, 0.3) is 0 Å². The van der Waals surface area contributed by atoms with E-state index >= 15 is 0 Å². The molecule has 468 valence electrons. The molecule has 6 nitrogen and oxygen atoms in total. The molecule has 0 aliphatic carbocycles. The molecule has 0 aromatic carbocycles. The van der Waals surface area contributed by atoms with Gasteiger partial charge in [-0.3, -0.25) is 9.59 Å². The predicted octanol–water partition coefficient (Wildman–Crippen LogP) is 23.3. The molecule has 0 saturated heterocycles. The Kier molecular flexibility index (Phi) is 67.4. The Morgan fingerprint density at radius 2 is 0.595 bits per heavy atom. The van der Waals surface area contributed by atoms with Gasteiger partial charge in [0.1, 0.15) is 0 Å². The third kappa shape index (κ3) is 65.4. The zero-order chi connectivity index (χ0) is 57.1. The highest BCUT2D eigenvalue weighted by atomic mass is 16.5. The van der Waals surface area contributed by atoms with E-state index in [-0.39, 0.29) is 18.5 Å². The third-order valence-corrected chi connectivity index (χ3v) is 17.0. The fraction of sp³-hybridized carbons (Fsp3) is 0.918. The second-order valence-corrected chi connectivity index (χ2v) is 24.9. The van der Waals surface area contributed by atoms with Gasteiger partial charge in [0.2, 0.25) is 5.91 Å². The van der Waals surface area contributed by atoms with E-state index in [1.165, 1.54) is 340 Å². The maximum absolute atomic E-state index is 12.5. The SMILES string of the molecule is CCCCCCCCCCCCCCCCCCCC/C=C/C(O)C(CO)NC(=O)CCCCCCCCCCCCCC/C=C\CCCCCCCCCCCCCCOC(=O)CCCCCCCCCCCCCCCC. The lowest BCUT2D eigenvalue weighted by Gasteiger charge is -2.20. The summed E-state index contributed by atoms with van der Waals surface area (Å²) >= 11 is 0. The molecule has 0 rings (SSSR count). The van der Waals surface area contributed by atoms with Gasteiger partial charge in [0, 0.05) is 12.8 Å². The minimum Gasteiger partial charge on any atom is -0.466 e. The molecule has 0 bridgehead atoms. The largest absolute Gasteiger partial charge is 0.466 e. The number of amides is 1. The number of esters is 1. The molecule has 0 aromatic heterocycles. The third-order valence-electron chi connectivity index (χ3n) is 17.0. The summed E-state index contributed by atoms with van der Waals surface area (Å²) in [6, 6.07) is -0.628. The number of aliphatic hydroxyl groups is 2. The van der Waals surface area contributed by atoms with Crippen LogP contribution in [0.3, 0.4) is 0 Å². The number of allylic oxidation sites excluding steroid dienone is 3. The minimum absolute atomic E-state index is 0.0185. The van der Waals surface area contributed by atoms with Gasteiger partial charge in [-0.15, -0.1) is 0 Å². The summed E-state index contributed by atoms with van der Waals surface area (Å²) in [6.45, 7) is 4.95. The Balaban J connectivity index is 3.39. The van der Waals surface area contributed by atoms with Crippen molar-refractivity contribution in [2.45, 2.75) is 418 Å². The normalized spacial score (nSPS) is 12.6. The first kappa shape index (κ1) is 77.3. The summed E-state index contributed by atoms with van der Waals surface area (Å²) in [5, 5.41) is 23.2. The molecule has 0 fully saturated rings. The first-order valence-electron chi connectivity index (χ1n) is 36.1. The number of unbranched alkanes of at least 4 members (excludes halogenated alkanes) is 55. The van der Waals surface area contributed by atoms with Crippen molar-refractivity contribution in [3.8, 4) is 0 Å². The summed E-state index contributed by atoms with van der Waals surface area (Å²) < 4.78 is 5.49. The molecule has 0 aliphatic heterocycles. The van der Waals surface area contributed by atoms with E-state index < -0.39 is 12.1 Å². The summed E-state index contributed by atoms with van der Waals surface area (Å²) in [7, 11) is 0. The Morgan fingerprint density at radius 1 is 0.342 bits per heavy atom. The molecular weight excluding hydrogens is 971 g/mol. The first-order chi connectivity index (χ1) is 39.0. The van der Waals surface area contributed by atoms with Crippen LogP contribution in [0.1, 0.15) is 406 Å². The van der Waals surface area contributed by atoms with Crippen LogP contribution in [-0.2, 0) is 14.3 Å². The van der Waals surface area contributed by atoms with Gasteiger partial charge >= 0.3 is 5.97 Å². The Labute approximate surface area is 494 Å². The molecule has 0 aliphatic rings. The molecule has 0 saturated carbocycles. The predicted molar refractivity (Wildman–Crippen MR) is 347 cm³/mol. The molecular formula is C73H141NO5. The fourth-order valence-electron chi connectivity index (χ4n) is 11.5. The van der Waals surface area contributed by atoms with Gasteiger partial charge in [-0.25, -0.2) is 0 Å². The lowest BCUT2D eigenvalue weighted by molar-refractivity contribution is -0.143. The maximum atomic E-state index is 12.5. The molecule has 0 radical (unpaired) electrons. The van der Waals surface area contributed by atoms with Crippen molar-refractivity contribution in [2.24, 2.45) is 0 Å². The van der Waals surface area contributed by atoms with Gasteiger partial charge in [0.05, 0.1) is 25.4 Å². The van der Waals surface area contributed by atoms with Crippen LogP contribution >= 0.6 is 0 Å². The van der Waals surface area contributed by atoms with Gasteiger partial charge in [0.15, 0.2) is 0 Å². The van der Waals surface area contributed by atoms with Crippen LogP contribution in [-0.4, -0.2) is 47.4 Å². The Hall–Kier alpha value is -1.66. The van der Waals surface area contributed by atoms with Crippen molar-refractivity contribution < 1.29 is 24.5 Å². The van der Waals surface area contributed by atoms with Crippen LogP contribution in [0.4, 0.5) is 0 Å². The van der Waals surface area contributed by atoms with Crippen LogP contribution < -0.4 is 5.32 Å². The number of hydrogen-bond acceptors (Lipinski definition) is 5. The van der Waals surface area contributed by atoms with E-state index in [1.807, 2.05) is 6.08 Å². The standard InChI is InChI=1S/C73H141NO5/c1-3-5-7-9-11-13-15-17-19-20-21-32-35-38-41-45-49-53-57-61-65-71(76)70(69-75)74-72(77)66-62-58-54-50-46-42-39-36-33-30-28-26-24-22-23-25-27-29-31-34-37-40-44-48-52-56-60-64-68-79-73(78)67-63-59-55-51-47-43-18-16-14-12-10-8-6-4-2/h22-23,61,65,70-71,75-76H,3-21,24-60,62-64,66-69H2,1-2H3,(H,74,77)/b23-22-,65-61+. The molecule has 6 heteroatoms. The molecule has 0 aromatic rings. The molecule has 79 heavy (non-hydrogen) atoms. The lowest BCUT2D eigenvalue weighted by atomic mass is 10.0. The van der Waals surface area contributed by atoms with Crippen LogP contribution in [0.2, 0.25) is 0 Å². The van der Waals surface area contributed by atoms with Crippen LogP contribution in [0, 0.1) is 0 Å². The van der Waals surface area contributed by atoms with Crippen molar-refractivity contribution in [1.29, 1.82) is 0 Å². The second kappa shape index (κ2) is 68.8. The lowest BCUT2D eigenvalue weighted by Crippen LogP contribution is -2.45. The summed E-state index contributed by atoms with van der Waals surface area (Å²) in [4.78, 5) is 24.6. The highest BCUT2D eigenvalue weighted by molar-refractivity contribution is 5.76. The average molecular weight is 1110 g/mol. The van der Waals surface area contributed by atoms with E-state index in [0.29, 0.717) is 19.4 Å². The molecule has 0 spiro atoms. The average Bonchev–Trinajstić information content (AvgIpc) is 3.45. The number of hydrogen-bond donors (Lipinski definition) is 3. The molecule has 2 atom stereocenters. The fourth-order valence-corrected chi connectivity index (χ4v) is 11.5. The van der Waals surface area contributed by atoms with E-state index in [9.17, 15) is 19.8 Å². The van der Waals surface area contributed by atoms with E-state index in [1.54, 1.807) is 6.08 Å². The Bertz CT molecular complexity index is 1230. The number of carbonyl (C=O) groups is 2. The number of aliphatic hydroxyl groups excluding tert-OH is 2. The van der Waals surface area contributed by atoms with Crippen molar-refractivity contribution in [1.82, 2.24) is 5.32 Å². The van der Waals surface area contributed by atoms with Crippen molar-refractivity contribution in [3.63, 3.8) is 0 Å². The zero-order valence-corrected chi connectivity index (χ0v) is 53.6. The number of rotatable bonds is 68. The zero-order valence-electron chi connectivity index (χ0n) is 53.6. The van der Waals surface area contributed by atoms with Gasteiger partial charge < -0.3 is 20.3 Å². The summed E-state index contributed by atoms with van der Waals surface area (Å²) in [5.41, 5.74) is 0. The smallest absolute Gasteiger partial charge is 0.305 e. The molecule has 2 unspecified atom stereocenters. The highest BCUT2D eigenvalue weighted by Gasteiger charge is 2.18. The summed E-state index contributed by atoms with van der Waals surface area (Å²) in [6.07, 6.45) is 86.9. The Morgan fingerprint density at radius 3 is 0.899 bits per heavy atom. The minimum atomic E-state index is -0.845. The highest BCUT2D eigenvalue weighted by Crippen LogP contribution is 2.19. The van der Waals surface area contributed by atoms with Crippen molar-refractivity contribution in [3.05, 3.63) is 24.3 Å². The van der Waals surface area contributed by atoms with E-state index in [0.717, 1.165) is 38.5 Å². The number of carbonyl (C=O) groups excluding carboxylic acids is 2. The van der Waals surface area contributed by atoms with Gasteiger partial charge in [-0.1, -0.05) is 359 Å². The van der Waals surface area contributed by atoms with E-state index in [2.05, 4.69) is 31.3 Å². The molecule has 0 heterocycles. The van der Waals surface area contributed by atoms with Gasteiger partial charge in [-0.05, 0) is 57.8 Å². The van der Waals surface area contributed by atoms with Gasteiger partial charge in [-0.2, -0.15) is 0 Å². The van der Waals surface area contributed by atoms with Crippen molar-refractivity contribution >= 4 is 11.9 Å². The first-order valence-corrected chi connectivity index (χ1v) is 36.1. The second-order valence-electron chi connectivity index (χ2n) is 24.9. The number of nitrogens with one attached hydrogen (secondary N) is 1. The molecule has 3 N–H and O–H groups in total. The van der Waals surface area contributed by atoms with E-state index in [4.69, 9.17) is 4.74 Å². The maximum Gasteiger partial charge on any atom is 0.305 e. The van der Waals surface area contributed by atoms with Crippen LogP contribution in [0.5, 0.6) is 0 Å².